The zero-order chi connectivity index (χ0) is 15.0. The van der Waals surface area contributed by atoms with Crippen molar-refractivity contribution in [2.45, 2.75) is 0 Å². The van der Waals surface area contributed by atoms with Gasteiger partial charge in [0.2, 0.25) is 0 Å². The van der Waals surface area contributed by atoms with E-state index in [9.17, 15) is 9.67 Å². The summed E-state index contributed by atoms with van der Waals surface area (Å²) in [6.07, 6.45) is 0. The van der Waals surface area contributed by atoms with Crippen molar-refractivity contribution in [2.75, 3.05) is 0 Å². The van der Waals surface area contributed by atoms with E-state index in [-0.39, 0.29) is 17.2 Å². The summed E-state index contributed by atoms with van der Waals surface area (Å²) < 4.78 is 15.3. The van der Waals surface area contributed by atoms with Crippen LogP contribution < -0.4 is 4.52 Å². The third kappa shape index (κ3) is 2.87. The molecule has 8 nitrogen and oxygen atoms in total. The molecule has 2 aromatic carbocycles. The highest BCUT2D eigenvalue weighted by Gasteiger charge is 2.18. The largest absolute Gasteiger partial charge is 0.524 e. The molecule has 9 heteroatoms. The first kappa shape index (κ1) is 13.6. The molecule has 108 valence electrons. The molecular weight excluding hydrogens is 297 g/mol. The molecule has 0 aliphatic rings. The van der Waals surface area contributed by atoms with Gasteiger partial charge in [0.1, 0.15) is 28.2 Å². The van der Waals surface area contributed by atoms with Crippen LogP contribution in [0.2, 0.25) is 0 Å². The molecule has 0 fully saturated rings. The van der Waals surface area contributed by atoms with Crippen LogP contribution in [0.1, 0.15) is 0 Å². The van der Waals surface area contributed by atoms with Crippen molar-refractivity contribution in [3.05, 3.63) is 42.5 Å². The van der Waals surface area contributed by atoms with Crippen molar-refractivity contribution in [2.24, 2.45) is 0 Å². The number of aromatic nitrogens is 3. The van der Waals surface area contributed by atoms with Gasteiger partial charge in [-0.3, -0.25) is 9.79 Å². The molecule has 1 heterocycles. The molecule has 3 rings (SSSR count). The first-order valence-electron chi connectivity index (χ1n) is 5.83. The van der Waals surface area contributed by atoms with Crippen LogP contribution in [0.4, 0.5) is 0 Å². The lowest BCUT2D eigenvalue weighted by Crippen LogP contribution is -2.00. The Morgan fingerprint density at radius 2 is 1.67 bits per heavy atom. The fraction of sp³-hybridized carbons (Fsp3) is 0. The van der Waals surface area contributed by atoms with Crippen molar-refractivity contribution >= 4 is 18.9 Å². The first-order chi connectivity index (χ1) is 9.92. The van der Waals surface area contributed by atoms with E-state index in [0.29, 0.717) is 11.0 Å². The third-order valence-corrected chi connectivity index (χ3v) is 3.12. The lowest BCUT2D eigenvalue weighted by atomic mass is 10.3. The normalized spacial score (nSPS) is 11.7. The van der Waals surface area contributed by atoms with Crippen LogP contribution in [0.5, 0.6) is 11.5 Å². The monoisotopic (exact) mass is 307 g/mol. The maximum absolute atomic E-state index is 10.8. The summed E-state index contributed by atoms with van der Waals surface area (Å²) in [5, 5.41) is 18.2. The molecule has 0 bridgehead atoms. The Labute approximate surface area is 118 Å². The summed E-state index contributed by atoms with van der Waals surface area (Å²) >= 11 is 0. The second kappa shape index (κ2) is 4.85. The zero-order valence-electron chi connectivity index (χ0n) is 10.5. The average Bonchev–Trinajstić information content (AvgIpc) is 2.83. The van der Waals surface area contributed by atoms with Gasteiger partial charge in [0, 0.05) is 6.07 Å². The van der Waals surface area contributed by atoms with Gasteiger partial charge in [-0.05, 0) is 24.3 Å². The van der Waals surface area contributed by atoms with E-state index in [2.05, 4.69) is 14.7 Å². The highest BCUT2D eigenvalue weighted by atomic mass is 31.2. The van der Waals surface area contributed by atoms with Crippen molar-refractivity contribution in [1.29, 1.82) is 0 Å². The Balaban J connectivity index is 2.08. The van der Waals surface area contributed by atoms with Crippen LogP contribution in [-0.2, 0) is 4.57 Å². The van der Waals surface area contributed by atoms with Gasteiger partial charge in [-0.1, -0.05) is 12.1 Å². The van der Waals surface area contributed by atoms with Gasteiger partial charge in [-0.15, -0.1) is 15.0 Å². The third-order valence-electron chi connectivity index (χ3n) is 2.67. The van der Waals surface area contributed by atoms with Crippen LogP contribution in [-0.4, -0.2) is 29.9 Å². The maximum Gasteiger partial charge on any atom is 0.524 e. The molecule has 3 N–H and O–H groups in total. The molecule has 0 unspecified atom stereocenters. The zero-order valence-corrected chi connectivity index (χ0v) is 11.4. The number of nitrogens with zero attached hydrogens (tertiary/aromatic N) is 3. The van der Waals surface area contributed by atoms with Crippen LogP contribution >= 0.6 is 7.82 Å². The van der Waals surface area contributed by atoms with Gasteiger partial charge in [-0.2, -0.15) is 0 Å². The number of benzene rings is 2. The predicted octanol–water partition coefficient (Wildman–Crippen LogP) is 1.60. The molecule has 1 aromatic heterocycles. The molecule has 0 atom stereocenters. The molecule has 0 aliphatic heterocycles. The fourth-order valence-corrected chi connectivity index (χ4v) is 2.21. The smallest absolute Gasteiger partial charge is 0.506 e. The molecule has 0 aliphatic carbocycles. The first-order valence-corrected chi connectivity index (χ1v) is 7.36. The molecule has 3 aromatic rings. The van der Waals surface area contributed by atoms with Crippen LogP contribution in [0.15, 0.2) is 42.5 Å². The van der Waals surface area contributed by atoms with E-state index in [0.717, 1.165) is 0 Å². The van der Waals surface area contributed by atoms with E-state index in [4.69, 9.17) is 9.79 Å². The van der Waals surface area contributed by atoms with Crippen LogP contribution in [0, 0.1) is 0 Å². The summed E-state index contributed by atoms with van der Waals surface area (Å²) in [6, 6.07) is 10.8. The van der Waals surface area contributed by atoms with Gasteiger partial charge in [0.15, 0.2) is 0 Å². The molecule has 0 saturated heterocycles. The summed E-state index contributed by atoms with van der Waals surface area (Å²) in [5.74, 6) is -0.245. The topological polar surface area (TPSA) is 118 Å². The number of hydrogen-bond acceptors (Lipinski definition) is 5. The maximum atomic E-state index is 10.8. The molecular formula is C12H10N3O5P. The predicted molar refractivity (Wildman–Crippen MR) is 73.2 cm³/mol. The Kier molecular flexibility index (Phi) is 3.13. The Morgan fingerprint density at radius 3 is 2.24 bits per heavy atom. The van der Waals surface area contributed by atoms with E-state index in [1.807, 2.05) is 0 Å². The molecule has 21 heavy (non-hydrogen) atoms. The van der Waals surface area contributed by atoms with E-state index < -0.39 is 7.82 Å². The standard InChI is InChI=1S/C12H10N3O5P/c16-12-6-5-8(20-21(17,18)19)7-11(12)15-13-9-3-1-2-4-10(9)14-15/h1-7,16H,(H2,17,18,19). The van der Waals surface area contributed by atoms with Gasteiger partial charge in [0.05, 0.1) is 0 Å². The number of phenols is 1. The van der Waals surface area contributed by atoms with E-state index in [1.54, 1.807) is 24.3 Å². The summed E-state index contributed by atoms with van der Waals surface area (Å²) in [7, 11) is -4.67. The Bertz CT molecular complexity index is 824. The lowest BCUT2D eigenvalue weighted by Gasteiger charge is -2.09. The second-order valence-corrected chi connectivity index (χ2v) is 5.37. The fourth-order valence-electron chi connectivity index (χ4n) is 1.83. The second-order valence-electron chi connectivity index (χ2n) is 4.21. The summed E-state index contributed by atoms with van der Waals surface area (Å²) in [6.45, 7) is 0. The van der Waals surface area contributed by atoms with Gasteiger partial charge < -0.3 is 9.63 Å². The quantitative estimate of drug-likeness (QED) is 0.629. The van der Waals surface area contributed by atoms with Crippen LogP contribution in [0.25, 0.3) is 16.7 Å². The highest BCUT2D eigenvalue weighted by molar-refractivity contribution is 7.46. The number of fused-ring (bicyclic) bond motifs is 1. The van der Waals surface area contributed by atoms with Gasteiger partial charge >= 0.3 is 7.82 Å². The summed E-state index contributed by atoms with van der Waals surface area (Å²) in [4.78, 5) is 18.8. The SMILES string of the molecule is O=P(O)(O)Oc1ccc(O)c(-n2nc3ccccc3n2)c1. The van der Waals surface area contributed by atoms with Gasteiger partial charge in [0.25, 0.3) is 0 Å². The minimum absolute atomic E-state index is 0.0995. The lowest BCUT2D eigenvalue weighted by molar-refractivity contribution is 0.283. The number of phosphoric acid groups is 1. The minimum atomic E-state index is -4.67. The van der Waals surface area contributed by atoms with E-state index >= 15 is 0 Å². The van der Waals surface area contributed by atoms with Crippen molar-refractivity contribution in [3.63, 3.8) is 0 Å². The Hall–Kier alpha value is -2.41. The van der Waals surface area contributed by atoms with Crippen molar-refractivity contribution < 1.29 is 24.0 Å². The number of rotatable bonds is 3. The number of aromatic hydroxyl groups is 1. The van der Waals surface area contributed by atoms with Gasteiger partial charge in [-0.25, -0.2) is 4.57 Å². The highest BCUT2D eigenvalue weighted by Crippen LogP contribution is 2.39. The number of phosphoric ester groups is 1. The van der Waals surface area contributed by atoms with Crippen molar-refractivity contribution in [1.82, 2.24) is 15.0 Å². The number of phenolic OH excluding ortho intramolecular Hbond substituents is 1. The molecule has 0 radical (unpaired) electrons. The molecule has 0 saturated carbocycles. The summed E-state index contributed by atoms with van der Waals surface area (Å²) in [5.41, 5.74) is 1.40. The Morgan fingerprint density at radius 1 is 1.05 bits per heavy atom. The van der Waals surface area contributed by atoms with Crippen molar-refractivity contribution in [3.8, 4) is 17.2 Å². The molecule has 0 amide bonds. The van der Waals surface area contributed by atoms with E-state index in [1.165, 1.54) is 23.0 Å². The van der Waals surface area contributed by atoms with Crippen LogP contribution in [0.3, 0.4) is 0 Å². The number of hydrogen-bond donors (Lipinski definition) is 3. The molecule has 0 spiro atoms. The minimum Gasteiger partial charge on any atom is -0.506 e. The average molecular weight is 307 g/mol.